The molecule has 194 valence electrons. The van der Waals surface area contributed by atoms with E-state index in [2.05, 4.69) is 25.9 Å². The molecule has 0 saturated carbocycles. The minimum atomic E-state index is -1.41. The molecule has 1 heterocycles. The molecule has 14 nitrogen and oxygen atoms in total. The Bertz CT molecular complexity index is 1060. The van der Waals surface area contributed by atoms with Gasteiger partial charge in [0, 0.05) is 31.2 Å². The van der Waals surface area contributed by atoms with E-state index in [9.17, 15) is 34.2 Å². The van der Waals surface area contributed by atoms with Gasteiger partial charge in [-0.25, -0.2) is 9.78 Å². The average molecular weight is 505 g/mol. The molecule has 0 aliphatic rings. The van der Waals surface area contributed by atoms with E-state index >= 15 is 0 Å². The van der Waals surface area contributed by atoms with Gasteiger partial charge >= 0.3 is 11.9 Å². The lowest BCUT2D eigenvalue weighted by atomic mass is 10.0. The van der Waals surface area contributed by atoms with Crippen LogP contribution in [-0.4, -0.2) is 79.6 Å². The second kappa shape index (κ2) is 13.4. The molecule has 1 aromatic carbocycles. The normalized spacial score (nSPS) is 13.1. The summed E-state index contributed by atoms with van der Waals surface area (Å²) in [6.45, 7) is -0.407. The van der Waals surface area contributed by atoms with E-state index in [0.717, 1.165) is 0 Å². The number of phenolic OH excluding ortho intramolecular Hbond substituents is 1. The van der Waals surface area contributed by atoms with Gasteiger partial charge in [-0.15, -0.1) is 0 Å². The van der Waals surface area contributed by atoms with Crippen LogP contribution in [0.3, 0.4) is 0 Å². The Morgan fingerprint density at radius 3 is 2.11 bits per heavy atom. The van der Waals surface area contributed by atoms with E-state index < -0.39 is 60.8 Å². The maximum absolute atomic E-state index is 13.0. The number of H-pyrrole nitrogens is 1. The molecule has 0 aliphatic heterocycles. The van der Waals surface area contributed by atoms with Crippen LogP contribution < -0.4 is 21.7 Å². The summed E-state index contributed by atoms with van der Waals surface area (Å²) in [5, 5.41) is 35.1. The van der Waals surface area contributed by atoms with Crippen LogP contribution >= 0.6 is 0 Å². The molecule has 0 fully saturated rings. The minimum absolute atomic E-state index is 0.000680. The summed E-state index contributed by atoms with van der Waals surface area (Å²) in [7, 11) is 0. The number of carboxylic acid groups (broad SMARTS) is 2. The molecule has 0 saturated heterocycles. The number of hydrogen-bond donors (Lipinski definition) is 8. The van der Waals surface area contributed by atoms with Crippen molar-refractivity contribution in [2.24, 2.45) is 5.73 Å². The van der Waals surface area contributed by atoms with Gasteiger partial charge < -0.3 is 42.0 Å². The second-order valence-corrected chi connectivity index (χ2v) is 7.87. The van der Waals surface area contributed by atoms with Crippen LogP contribution in [0, 0.1) is 0 Å². The van der Waals surface area contributed by atoms with Gasteiger partial charge in [0.05, 0.1) is 12.9 Å². The smallest absolute Gasteiger partial charge is 0.326 e. The highest BCUT2D eigenvalue weighted by atomic mass is 16.4. The number of nitrogens with two attached hydrogens (primary N) is 1. The lowest BCUT2D eigenvalue weighted by Gasteiger charge is -2.24. The number of imidazole rings is 1. The Balaban J connectivity index is 2.19. The Kier molecular flexibility index (Phi) is 10.4. The number of phenols is 1. The largest absolute Gasteiger partial charge is 0.508 e. The number of carbonyl (C=O) groups excluding carboxylic acids is 3. The van der Waals surface area contributed by atoms with Crippen molar-refractivity contribution in [1.82, 2.24) is 25.9 Å². The maximum atomic E-state index is 13.0. The topological polar surface area (TPSA) is 237 Å². The Labute approximate surface area is 205 Å². The summed E-state index contributed by atoms with van der Waals surface area (Å²) in [6, 6.07) is 1.87. The molecular weight excluding hydrogens is 476 g/mol. The highest BCUT2D eigenvalue weighted by Gasteiger charge is 2.30. The van der Waals surface area contributed by atoms with Gasteiger partial charge in [0.2, 0.25) is 17.7 Å². The van der Waals surface area contributed by atoms with E-state index in [1.807, 2.05) is 0 Å². The number of benzene rings is 1. The fourth-order valence-corrected chi connectivity index (χ4v) is 3.23. The van der Waals surface area contributed by atoms with Gasteiger partial charge in [0.1, 0.15) is 23.9 Å². The number of aromatic hydroxyl groups is 1. The monoisotopic (exact) mass is 504 g/mol. The zero-order chi connectivity index (χ0) is 26.7. The number of carboxylic acids is 2. The van der Waals surface area contributed by atoms with E-state index in [1.54, 1.807) is 0 Å². The van der Waals surface area contributed by atoms with Crippen molar-refractivity contribution in [3.63, 3.8) is 0 Å². The standard InChI is InChI=1S/C22H28N6O8/c23-9-18(30)26-16(7-12-1-3-14(29)4-2-12)21(34)27-15(5-6-19(31)32)20(33)28-17(22(35)36)8-13-10-24-11-25-13/h1-4,10-11,15-17,29H,5-9,23H2,(H,24,25)(H,26,30)(H,27,34)(H,28,33)(H,31,32)(H,35,36). The van der Waals surface area contributed by atoms with Gasteiger partial charge in [0.15, 0.2) is 0 Å². The predicted octanol–water partition coefficient (Wildman–Crippen LogP) is -1.74. The summed E-state index contributed by atoms with van der Waals surface area (Å²) >= 11 is 0. The van der Waals surface area contributed by atoms with E-state index in [4.69, 9.17) is 10.8 Å². The number of aromatic nitrogens is 2. The van der Waals surface area contributed by atoms with Crippen LogP contribution in [0.2, 0.25) is 0 Å². The number of rotatable bonds is 14. The van der Waals surface area contributed by atoms with Gasteiger partial charge in [-0.3, -0.25) is 19.2 Å². The van der Waals surface area contributed by atoms with Gasteiger partial charge in [0.25, 0.3) is 0 Å². The predicted molar refractivity (Wildman–Crippen MR) is 123 cm³/mol. The van der Waals surface area contributed by atoms with Crippen molar-refractivity contribution in [2.75, 3.05) is 6.54 Å². The fraction of sp³-hybridized carbons (Fsp3) is 0.364. The third-order valence-electron chi connectivity index (χ3n) is 5.09. The third kappa shape index (κ3) is 9.06. The minimum Gasteiger partial charge on any atom is -0.508 e. The molecule has 9 N–H and O–H groups in total. The van der Waals surface area contributed by atoms with Crippen LogP contribution in [-0.2, 0) is 36.8 Å². The van der Waals surface area contributed by atoms with Crippen molar-refractivity contribution in [1.29, 1.82) is 0 Å². The molecule has 36 heavy (non-hydrogen) atoms. The highest BCUT2D eigenvalue weighted by molar-refractivity contribution is 5.94. The first kappa shape index (κ1) is 27.8. The zero-order valence-electron chi connectivity index (χ0n) is 19.1. The number of amides is 3. The Morgan fingerprint density at radius 1 is 0.917 bits per heavy atom. The van der Waals surface area contributed by atoms with E-state index in [1.165, 1.54) is 36.8 Å². The molecule has 2 rings (SSSR count). The summed E-state index contributed by atoms with van der Waals surface area (Å²) < 4.78 is 0. The number of aromatic amines is 1. The third-order valence-corrected chi connectivity index (χ3v) is 5.09. The number of nitrogens with one attached hydrogen (secondary N) is 4. The van der Waals surface area contributed by atoms with Gasteiger partial charge in [-0.05, 0) is 24.1 Å². The average Bonchev–Trinajstić information content (AvgIpc) is 3.34. The molecule has 2 aromatic rings. The summed E-state index contributed by atoms with van der Waals surface area (Å²) in [6.07, 6.45) is 1.75. The first-order valence-corrected chi connectivity index (χ1v) is 10.9. The molecule has 14 heteroatoms. The fourth-order valence-electron chi connectivity index (χ4n) is 3.23. The lowest BCUT2D eigenvalue weighted by Crippen LogP contribution is -2.57. The van der Waals surface area contributed by atoms with E-state index in [-0.39, 0.29) is 25.0 Å². The van der Waals surface area contributed by atoms with Gasteiger partial charge in [-0.2, -0.15) is 0 Å². The molecule has 0 aliphatic carbocycles. The number of nitrogens with zero attached hydrogens (tertiary/aromatic N) is 1. The summed E-state index contributed by atoms with van der Waals surface area (Å²) in [4.78, 5) is 67.1. The van der Waals surface area contributed by atoms with Crippen LogP contribution in [0.5, 0.6) is 5.75 Å². The zero-order valence-corrected chi connectivity index (χ0v) is 19.1. The highest BCUT2D eigenvalue weighted by Crippen LogP contribution is 2.12. The lowest BCUT2D eigenvalue weighted by molar-refractivity contribution is -0.143. The summed E-state index contributed by atoms with van der Waals surface area (Å²) in [5.74, 6) is -4.95. The SMILES string of the molecule is NCC(=O)NC(Cc1ccc(O)cc1)C(=O)NC(CCC(=O)O)C(=O)NC(Cc1cnc[nH]1)C(=O)O. The quantitative estimate of drug-likeness (QED) is 0.144. The molecule has 3 amide bonds. The van der Waals surface area contributed by atoms with Crippen LogP contribution in [0.4, 0.5) is 0 Å². The molecule has 3 atom stereocenters. The van der Waals surface area contributed by atoms with E-state index in [0.29, 0.717) is 11.3 Å². The summed E-state index contributed by atoms with van der Waals surface area (Å²) in [5.41, 5.74) is 6.34. The number of hydrogen-bond acceptors (Lipinski definition) is 8. The molecule has 0 bridgehead atoms. The number of aliphatic carboxylic acids is 2. The maximum Gasteiger partial charge on any atom is 0.326 e. The molecule has 0 radical (unpaired) electrons. The first-order valence-electron chi connectivity index (χ1n) is 10.9. The first-order chi connectivity index (χ1) is 17.1. The van der Waals surface area contributed by atoms with Crippen molar-refractivity contribution >= 4 is 29.7 Å². The van der Waals surface area contributed by atoms with Crippen LogP contribution in [0.1, 0.15) is 24.1 Å². The molecule has 1 aromatic heterocycles. The Morgan fingerprint density at radius 2 is 1.56 bits per heavy atom. The van der Waals surface area contributed by atoms with Crippen LogP contribution in [0.25, 0.3) is 0 Å². The van der Waals surface area contributed by atoms with Crippen molar-refractivity contribution in [3.8, 4) is 5.75 Å². The van der Waals surface area contributed by atoms with Crippen molar-refractivity contribution in [2.45, 2.75) is 43.8 Å². The van der Waals surface area contributed by atoms with Gasteiger partial charge in [-0.1, -0.05) is 12.1 Å². The molecular formula is C22H28N6O8. The van der Waals surface area contributed by atoms with Crippen molar-refractivity contribution < 1.29 is 39.3 Å². The molecule has 3 unspecified atom stereocenters. The molecule has 0 spiro atoms. The van der Waals surface area contributed by atoms with Crippen molar-refractivity contribution in [3.05, 3.63) is 48.0 Å². The Hall–Kier alpha value is -4.46. The second-order valence-electron chi connectivity index (χ2n) is 7.87. The van der Waals surface area contributed by atoms with Crippen LogP contribution in [0.15, 0.2) is 36.8 Å². The number of carbonyl (C=O) groups is 5.